The third-order valence-electron chi connectivity index (χ3n) is 3.69. The zero-order valence-corrected chi connectivity index (χ0v) is 14.9. The van der Waals surface area contributed by atoms with Crippen LogP contribution >= 0.6 is 0 Å². The number of aromatic nitrogens is 1. The van der Waals surface area contributed by atoms with E-state index in [1.165, 1.54) is 24.3 Å². The summed E-state index contributed by atoms with van der Waals surface area (Å²) in [6.45, 7) is 0.803. The van der Waals surface area contributed by atoms with Crippen LogP contribution in [0.3, 0.4) is 0 Å². The number of pyridine rings is 1. The minimum Gasteiger partial charge on any atom is -0.486 e. The lowest BCUT2D eigenvalue weighted by Crippen LogP contribution is -2.16. The van der Waals surface area contributed by atoms with Crippen molar-refractivity contribution in [3.8, 4) is 28.9 Å². The average molecular weight is 385 g/mol. The molecule has 27 heavy (non-hydrogen) atoms. The van der Waals surface area contributed by atoms with Crippen LogP contribution in [-0.4, -0.2) is 26.6 Å². The van der Waals surface area contributed by atoms with Gasteiger partial charge in [-0.25, -0.2) is 4.98 Å². The zero-order chi connectivity index (χ0) is 18.7. The Bertz CT molecular complexity index is 1040. The number of hydrogen-bond donors (Lipinski definition) is 0. The molecule has 0 atom stereocenters. The summed E-state index contributed by atoms with van der Waals surface area (Å²) < 4.78 is 46.6. The maximum atomic E-state index is 12.5. The molecule has 0 saturated heterocycles. The number of benzene rings is 2. The molecule has 1 aliphatic rings. The van der Waals surface area contributed by atoms with Gasteiger partial charge in [0.25, 0.3) is 0 Å². The van der Waals surface area contributed by atoms with Gasteiger partial charge in [0, 0.05) is 18.3 Å². The van der Waals surface area contributed by atoms with Crippen molar-refractivity contribution in [2.24, 2.45) is 0 Å². The monoisotopic (exact) mass is 385 g/mol. The highest BCUT2D eigenvalue weighted by atomic mass is 32.2. The Hall–Kier alpha value is -3.26. The molecule has 3 aromatic rings. The van der Waals surface area contributed by atoms with Crippen LogP contribution in [0.2, 0.25) is 0 Å². The lowest BCUT2D eigenvalue weighted by molar-refractivity contribution is 0.171. The van der Waals surface area contributed by atoms with Crippen molar-refractivity contribution >= 4 is 10.1 Å². The van der Waals surface area contributed by atoms with Gasteiger partial charge in [-0.15, -0.1) is 0 Å². The standard InChI is InChI=1S/C19H15NO6S/c21-27(22,16-8-9-17-18(13-16)24-12-11-23-17)26-15-6-4-14(5-7-15)25-19-3-1-2-10-20-19/h1-10,13H,11-12H2. The van der Waals surface area contributed by atoms with Crippen LogP contribution in [0.15, 0.2) is 71.8 Å². The van der Waals surface area contributed by atoms with E-state index in [1.807, 2.05) is 0 Å². The van der Waals surface area contributed by atoms with Crippen LogP contribution in [0.25, 0.3) is 0 Å². The Morgan fingerprint density at radius 2 is 1.59 bits per heavy atom. The predicted molar refractivity (Wildman–Crippen MR) is 96.0 cm³/mol. The van der Waals surface area contributed by atoms with Crippen LogP contribution in [0.5, 0.6) is 28.9 Å². The van der Waals surface area contributed by atoms with E-state index >= 15 is 0 Å². The third-order valence-corrected chi connectivity index (χ3v) is 4.94. The van der Waals surface area contributed by atoms with Gasteiger partial charge in [0.1, 0.15) is 29.6 Å². The number of hydrogen-bond acceptors (Lipinski definition) is 7. The smallest absolute Gasteiger partial charge is 0.339 e. The molecule has 0 unspecified atom stereocenters. The van der Waals surface area contributed by atoms with Gasteiger partial charge in [0.15, 0.2) is 11.5 Å². The van der Waals surface area contributed by atoms with Gasteiger partial charge in [0.05, 0.1) is 0 Å². The molecule has 0 saturated carbocycles. The fourth-order valence-electron chi connectivity index (χ4n) is 2.45. The molecule has 2 heterocycles. The summed E-state index contributed by atoms with van der Waals surface area (Å²) in [5.74, 6) is 2.01. The average Bonchev–Trinajstić information content (AvgIpc) is 2.70. The normalized spacial score (nSPS) is 13.0. The van der Waals surface area contributed by atoms with Crippen LogP contribution in [0, 0.1) is 0 Å². The summed E-state index contributed by atoms with van der Waals surface area (Å²) in [5.41, 5.74) is 0. The lowest BCUT2D eigenvalue weighted by atomic mass is 10.3. The van der Waals surface area contributed by atoms with Crippen molar-refractivity contribution in [2.45, 2.75) is 4.90 Å². The highest BCUT2D eigenvalue weighted by molar-refractivity contribution is 7.87. The number of nitrogens with zero attached hydrogens (tertiary/aromatic N) is 1. The van der Waals surface area contributed by atoms with Crippen LogP contribution in [0.1, 0.15) is 0 Å². The van der Waals surface area contributed by atoms with Crippen molar-refractivity contribution in [1.29, 1.82) is 0 Å². The summed E-state index contributed by atoms with van der Waals surface area (Å²) in [5, 5.41) is 0. The molecule has 2 aromatic carbocycles. The summed E-state index contributed by atoms with van der Waals surface area (Å²) in [6.07, 6.45) is 1.62. The van der Waals surface area contributed by atoms with E-state index in [9.17, 15) is 8.42 Å². The Kier molecular flexibility index (Phi) is 4.55. The molecule has 0 aliphatic carbocycles. The molecular formula is C19H15NO6S. The molecule has 8 heteroatoms. The number of ether oxygens (including phenoxy) is 3. The largest absolute Gasteiger partial charge is 0.486 e. The third kappa shape index (κ3) is 3.95. The maximum Gasteiger partial charge on any atom is 0.339 e. The summed E-state index contributed by atoms with van der Waals surface area (Å²) in [6, 6.07) is 15.9. The van der Waals surface area contributed by atoms with E-state index in [2.05, 4.69) is 4.98 Å². The van der Waals surface area contributed by atoms with E-state index < -0.39 is 10.1 Å². The highest BCUT2D eigenvalue weighted by Gasteiger charge is 2.21. The molecule has 0 bridgehead atoms. The molecule has 138 valence electrons. The summed E-state index contributed by atoms with van der Waals surface area (Å²) >= 11 is 0. The predicted octanol–water partition coefficient (Wildman–Crippen LogP) is 3.41. The molecule has 1 aliphatic heterocycles. The minimum absolute atomic E-state index is 0.0134. The SMILES string of the molecule is O=S(=O)(Oc1ccc(Oc2ccccn2)cc1)c1ccc2c(c1)OCCO2. The van der Waals surface area contributed by atoms with Gasteiger partial charge >= 0.3 is 10.1 Å². The Morgan fingerprint density at radius 3 is 2.33 bits per heavy atom. The van der Waals surface area contributed by atoms with Crippen molar-refractivity contribution in [3.63, 3.8) is 0 Å². The second-order valence-corrected chi connectivity index (χ2v) is 7.13. The Labute approximate surface area is 156 Å². The van der Waals surface area contributed by atoms with Crippen molar-refractivity contribution in [1.82, 2.24) is 4.98 Å². The van der Waals surface area contributed by atoms with Gasteiger partial charge in [-0.2, -0.15) is 8.42 Å². The highest BCUT2D eigenvalue weighted by Crippen LogP contribution is 2.33. The van der Waals surface area contributed by atoms with E-state index in [-0.39, 0.29) is 10.6 Å². The first-order valence-corrected chi connectivity index (χ1v) is 9.54. The molecule has 0 spiro atoms. The summed E-state index contributed by atoms with van der Waals surface area (Å²) in [4.78, 5) is 4.05. The van der Waals surface area contributed by atoms with E-state index in [0.29, 0.717) is 36.3 Å². The van der Waals surface area contributed by atoms with E-state index in [0.717, 1.165) is 0 Å². The zero-order valence-electron chi connectivity index (χ0n) is 14.1. The van der Waals surface area contributed by atoms with Gasteiger partial charge < -0.3 is 18.4 Å². The van der Waals surface area contributed by atoms with Crippen molar-refractivity contribution < 1.29 is 26.8 Å². The van der Waals surface area contributed by atoms with Gasteiger partial charge in [0.2, 0.25) is 5.88 Å². The molecule has 0 N–H and O–H groups in total. The van der Waals surface area contributed by atoms with Crippen LogP contribution < -0.4 is 18.4 Å². The maximum absolute atomic E-state index is 12.5. The van der Waals surface area contributed by atoms with Gasteiger partial charge in [-0.05, 0) is 42.5 Å². The fourth-order valence-corrected chi connectivity index (χ4v) is 3.39. The Balaban J connectivity index is 1.49. The molecule has 0 radical (unpaired) electrons. The topological polar surface area (TPSA) is 84.0 Å². The van der Waals surface area contributed by atoms with E-state index in [1.54, 1.807) is 42.6 Å². The van der Waals surface area contributed by atoms with Crippen molar-refractivity contribution in [3.05, 3.63) is 66.9 Å². The first-order chi connectivity index (χ1) is 13.1. The quantitative estimate of drug-likeness (QED) is 0.622. The molecule has 1 aromatic heterocycles. The minimum atomic E-state index is -4.01. The summed E-state index contributed by atoms with van der Waals surface area (Å²) in [7, 11) is -4.01. The molecule has 0 fully saturated rings. The number of fused-ring (bicyclic) bond motifs is 1. The molecular weight excluding hydrogens is 370 g/mol. The first kappa shape index (κ1) is 17.2. The molecule has 4 rings (SSSR count). The van der Waals surface area contributed by atoms with E-state index in [4.69, 9.17) is 18.4 Å². The van der Waals surface area contributed by atoms with Gasteiger partial charge in [-0.1, -0.05) is 6.07 Å². The second-order valence-electron chi connectivity index (χ2n) is 5.58. The fraction of sp³-hybridized carbons (Fsp3) is 0.105. The Morgan fingerprint density at radius 1 is 0.852 bits per heavy atom. The lowest BCUT2D eigenvalue weighted by Gasteiger charge is -2.18. The first-order valence-electron chi connectivity index (χ1n) is 8.13. The molecule has 0 amide bonds. The van der Waals surface area contributed by atoms with Crippen molar-refractivity contribution in [2.75, 3.05) is 13.2 Å². The van der Waals surface area contributed by atoms with Crippen LogP contribution in [0.4, 0.5) is 0 Å². The second kappa shape index (κ2) is 7.16. The van der Waals surface area contributed by atoms with Crippen LogP contribution in [-0.2, 0) is 10.1 Å². The molecule has 7 nitrogen and oxygen atoms in total. The van der Waals surface area contributed by atoms with Gasteiger partial charge in [-0.3, -0.25) is 0 Å². The number of rotatable bonds is 5.